The van der Waals surface area contributed by atoms with Gasteiger partial charge in [-0.2, -0.15) is 0 Å². The molecule has 230 valence electrons. The van der Waals surface area contributed by atoms with Gasteiger partial charge in [0, 0.05) is 19.0 Å². The number of benzene rings is 4. The van der Waals surface area contributed by atoms with Crippen LogP contribution in [0.25, 0.3) is 0 Å². The molecular formula is C36H41N3O4S. The molecule has 0 bridgehead atoms. The van der Waals surface area contributed by atoms with E-state index in [1.165, 1.54) is 4.90 Å². The van der Waals surface area contributed by atoms with Gasteiger partial charge in [0.15, 0.2) is 0 Å². The first kappa shape index (κ1) is 32.5. The summed E-state index contributed by atoms with van der Waals surface area (Å²) in [4.78, 5) is 29.9. The second kappa shape index (κ2) is 14.8. The molecule has 0 fully saturated rings. The highest BCUT2D eigenvalue weighted by molar-refractivity contribution is 7.92. The summed E-state index contributed by atoms with van der Waals surface area (Å²) in [6, 6.07) is 31.5. The highest BCUT2D eigenvalue weighted by atomic mass is 32.2. The van der Waals surface area contributed by atoms with E-state index in [0.717, 1.165) is 33.0 Å². The number of hydrogen-bond acceptors (Lipinski definition) is 4. The SMILES string of the molecule is CC[C@@H](C)NC(=O)[C@@H](Cc1ccccc1)N(Cc1ccc(C)cc1)C(=O)CN(c1ccccc1)S(=O)(=O)c1ccc(C)cc1. The number of nitrogens with one attached hydrogen (secondary N) is 1. The van der Waals surface area contributed by atoms with Gasteiger partial charge in [0.1, 0.15) is 12.6 Å². The number of amides is 2. The van der Waals surface area contributed by atoms with Gasteiger partial charge in [-0.1, -0.05) is 103 Å². The van der Waals surface area contributed by atoms with Gasteiger partial charge in [0.05, 0.1) is 10.6 Å². The molecule has 4 rings (SSSR count). The molecule has 0 aromatic heterocycles. The molecule has 2 amide bonds. The van der Waals surface area contributed by atoms with Crippen molar-refractivity contribution < 1.29 is 18.0 Å². The molecule has 0 saturated heterocycles. The third-order valence-electron chi connectivity index (χ3n) is 7.68. The van der Waals surface area contributed by atoms with E-state index in [1.54, 1.807) is 54.6 Å². The molecule has 8 heteroatoms. The number of carbonyl (C=O) groups is 2. The number of sulfonamides is 1. The zero-order valence-electron chi connectivity index (χ0n) is 25.8. The lowest BCUT2D eigenvalue weighted by Gasteiger charge is -2.34. The minimum atomic E-state index is -4.12. The van der Waals surface area contributed by atoms with E-state index in [4.69, 9.17) is 0 Å². The van der Waals surface area contributed by atoms with E-state index in [-0.39, 0.29) is 29.8 Å². The van der Waals surface area contributed by atoms with Crippen molar-refractivity contribution in [2.24, 2.45) is 0 Å². The molecule has 4 aromatic carbocycles. The number of aryl methyl sites for hydroxylation is 2. The molecule has 2 atom stereocenters. The largest absolute Gasteiger partial charge is 0.352 e. The van der Waals surface area contributed by atoms with Crippen molar-refractivity contribution in [2.45, 2.75) is 64.1 Å². The van der Waals surface area contributed by atoms with E-state index >= 15 is 0 Å². The monoisotopic (exact) mass is 611 g/mol. The van der Waals surface area contributed by atoms with E-state index in [2.05, 4.69) is 5.32 Å². The maximum absolute atomic E-state index is 14.5. The molecular weight excluding hydrogens is 570 g/mol. The zero-order chi connectivity index (χ0) is 31.7. The Hall–Kier alpha value is -4.43. The van der Waals surface area contributed by atoms with Crippen LogP contribution >= 0.6 is 0 Å². The molecule has 0 aliphatic carbocycles. The van der Waals surface area contributed by atoms with Crippen molar-refractivity contribution in [3.8, 4) is 0 Å². The Morgan fingerprint density at radius 3 is 1.86 bits per heavy atom. The molecule has 7 nitrogen and oxygen atoms in total. The lowest BCUT2D eigenvalue weighted by atomic mass is 10.0. The van der Waals surface area contributed by atoms with Crippen LogP contribution in [-0.4, -0.2) is 43.8 Å². The molecule has 0 spiro atoms. The van der Waals surface area contributed by atoms with E-state index in [9.17, 15) is 18.0 Å². The van der Waals surface area contributed by atoms with Gasteiger partial charge in [0.25, 0.3) is 10.0 Å². The number of hydrogen-bond donors (Lipinski definition) is 1. The van der Waals surface area contributed by atoms with Crippen LogP contribution in [-0.2, 0) is 32.6 Å². The molecule has 0 radical (unpaired) electrons. The fraction of sp³-hybridized carbons (Fsp3) is 0.278. The van der Waals surface area contributed by atoms with Crippen molar-refractivity contribution in [1.82, 2.24) is 10.2 Å². The minimum absolute atomic E-state index is 0.0835. The fourth-order valence-electron chi connectivity index (χ4n) is 4.85. The maximum atomic E-state index is 14.5. The minimum Gasteiger partial charge on any atom is -0.352 e. The number of rotatable bonds is 13. The second-order valence-corrected chi connectivity index (χ2v) is 13.1. The first-order valence-corrected chi connectivity index (χ1v) is 16.4. The van der Waals surface area contributed by atoms with E-state index in [0.29, 0.717) is 5.69 Å². The van der Waals surface area contributed by atoms with Gasteiger partial charge in [-0.15, -0.1) is 0 Å². The summed E-state index contributed by atoms with van der Waals surface area (Å²) in [6.07, 6.45) is 1.00. The molecule has 0 aliphatic heterocycles. The summed E-state index contributed by atoms with van der Waals surface area (Å²) in [7, 11) is -4.12. The summed E-state index contributed by atoms with van der Waals surface area (Å²) in [5, 5.41) is 3.06. The summed E-state index contributed by atoms with van der Waals surface area (Å²) >= 11 is 0. The number of anilines is 1. The zero-order valence-corrected chi connectivity index (χ0v) is 26.6. The first-order valence-electron chi connectivity index (χ1n) is 14.9. The molecule has 4 aromatic rings. The molecule has 0 aliphatic rings. The summed E-state index contributed by atoms with van der Waals surface area (Å²) in [6.45, 7) is 7.44. The number of nitrogens with zero attached hydrogens (tertiary/aromatic N) is 2. The Morgan fingerprint density at radius 2 is 1.30 bits per heavy atom. The van der Waals surface area contributed by atoms with Crippen molar-refractivity contribution >= 4 is 27.5 Å². The third kappa shape index (κ3) is 8.35. The van der Waals surface area contributed by atoms with Crippen molar-refractivity contribution in [1.29, 1.82) is 0 Å². The Morgan fingerprint density at radius 1 is 0.750 bits per heavy atom. The Balaban J connectivity index is 1.78. The molecule has 44 heavy (non-hydrogen) atoms. The molecule has 1 N–H and O–H groups in total. The Kier molecular flexibility index (Phi) is 11.0. The average molecular weight is 612 g/mol. The summed E-state index contributed by atoms with van der Waals surface area (Å²) in [5.41, 5.74) is 4.09. The normalized spacial score (nSPS) is 12.6. The van der Waals surface area contributed by atoms with Crippen LogP contribution in [0.3, 0.4) is 0 Å². The standard InChI is InChI=1S/C36H41N3O4S/c1-5-29(4)37-36(41)34(24-30-12-8-6-9-13-30)38(25-31-20-16-27(2)17-21-31)35(40)26-39(32-14-10-7-11-15-32)44(42,43)33-22-18-28(3)19-23-33/h6-23,29,34H,5,24-26H2,1-4H3,(H,37,41)/t29-,34-/m1/s1. The quantitative estimate of drug-likeness (QED) is 0.199. The van der Waals surface area contributed by atoms with Crippen LogP contribution < -0.4 is 9.62 Å². The predicted molar refractivity (Wildman–Crippen MR) is 176 cm³/mol. The lowest BCUT2D eigenvalue weighted by molar-refractivity contribution is -0.140. The summed E-state index contributed by atoms with van der Waals surface area (Å²) in [5.74, 6) is -0.762. The van der Waals surface area contributed by atoms with Crippen molar-refractivity contribution in [3.05, 3.63) is 131 Å². The average Bonchev–Trinajstić information content (AvgIpc) is 3.03. The van der Waals surface area contributed by atoms with Crippen LogP contribution in [0.1, 0.15) is 42.5 Å². The number of para-hydroxylation sites is 1. The maximum Gasteiger partial charge on any atom is 0.264 e. The smallest absolute Gasteiger partial charge is 0.264 e. The predicted octanol–water partition coefficient (Wildman–Crippen LogP) is 6.05. The fourth-order valence-corrected chi connectivity index (χ4v) is 6.26. The van der Waals surface area contributed by atoms with Crippen LogP contribution in [0, 0.1) is 13.8 Å². The lowest BCUT2D eigenvalue weighted by Crippen LogP contribution is -2.54. The van der Waals surface area contributed by atoms with Crippen LogP contribution in [0.15, 0.2) is 114 Å². The topological polar surface area (TPSA) is 86.8 Å². The highest BCUT2D eigenvalue weighted by Crippen LogP contribution is 2.25. The van der Waals surface area contributed by atoms with Gasteiger partial charge in [-0.3, -0.25) is 13.9 Å². The van der Waals surface area contributed by atoms with Gasteiger partial charge in [-0.25, -0.2) is 8.42 Å². The second-order valence-electron chi connectivity index (χ2n) is 11.2. The van der Waals surface area contributed by atoms with Gasteiger partial charge in [-0.05, 0) is 62.6 Å². The summed E-state index contributed by atoms with van der Waals surface area (Å²) < 4.78 is 29.2. The van der Waals surface area contributed by atoms with Crippen LogP contribution in [0.5, 0.6) is 0 Å². The van der Waals surface area contributed by atoms with Gasteiger partial charge < -0.3 is 10.2 Å². The molecule has 0 heterocycles. The number of carbonyl (C=O) groups excluding carboxylic acids is 2. The van der Waals surface area contributed by atoms with Crippen molar-refractivity contribution in [2.75, 3.05) is 10.8 Å². The van der Waals surface area contributed by atoms with Gasteiger partial charge in [0.2, 0.25) is 11.8 Å². The van der Waals surface area contributed by atoms with Crippen LogP contribution in [0.4, 0.5) is 5.69 Å². The van der Waals surface area contributed by atoms with Crippen molar-refractivity contribution in [3.63, 3.8) is 0 Å². The molecule has 0 saturated carbocycles. The van der Waals surface area contributed by atoms with Gasteiger partial charge >= 0.3 is 0 Å². The van der Waals surface area contributed by atoms with Crippen LogP contribution in [0.2, 0.25) is 0 Å². The Labute approximate surface area is 261 Å². The first-order chi connectivity index (χ1) is 21.1. The van der Waals surface area contributed by atoms with E-state index < -0.39 is 28.5 Å². The Bertz CT molecular complexity index is 1620. The third-order valence-corrected chi connectivity index (χ3v) is 9.47. The highest BCUT2D eigenvalue weighted by Gasteiger charge is 2.34. The molecule has 0 unspecified atom stereocenters. The van der Waals surface area contributed by atoms with E-state index in [1.807, 2.05) is 82.3 Å².